The van der Waals surface area contributed by atoms with Crippen LogP contribution in [0, 0.1) is 11.7 Å². The lowest BCUT2D eigenvalue weighted by Crippen LogP contribution is -2.29. The molecule has 1 unspecified atom stereocenters. The number of hydrogen-bond acceptors (Lipinski definition) is 3. The Balaban J connectivity index is 2.38. The van der Waals surface area contributed by atoms with Gasteiger partial charge < -0.3 is 5.73 Å². The fourth-order valence-electron chi connectivity index (χ4n) is 2.41. The van der Waals surface area contributed by atoms with Gasteiger partial charge in [0, 0.05) is 19.6 Å². The lowest BCUT2D eigenvalue weighted by molar-refractivity contribution is 0.452. The van der Waals surface area contributed by atoms with E-state index >= 15 is 0 Å². The molecule has 1 aliphatic heterocycles. The second-order valence-electron chi connectivity index (χ2n) is 5.01. The summed E-state index contributed by atoms with van der Waals surface area (Å²) >= 11 is 5.76. The highest BCUT2D eigenvalue weighted by Gasteiger charge is 2.32. The monoisotopic (exact) mass is 320 g/mol. The van der Waals surface area contributed by atoms with Crippen LogP contribution in [0.25, 0.3) is 0 Å². The van der Waals surface area contributed by atoms with Gasteiger partial charge in [-0.3, -0.25) is 0 Å². The normalized spacial score (nSPS) is 20.5. The molecule has 1 aromatic carbocycles. The minimum Gasteiger partial charge on any atom is -0.326 e. The summed E-state index contributed by atoms with van der Waals surface area (Å²) < 4.78 is 40.1. The lowest BCUT2D eigenvalue weighted by Gasteiger charge is -2.17. The molecule has 1 aliphatic rings. The van der Waals surface area contributed by atoms with E-state index < -0.39 is 15.8 Å². The zero-order valence-electron chi connectivity index (χ0n) is 11.3. The molecule has 2 N–H and O–H groups in total. The van der Waals surface area contributed by atoms with E-state index in [0.29, 0.717) is 24.6 Å². The number of nitrogens with two attached hydrogens (primary N) is 1. The number of rotatable bonds is 4. The molecule has 1 saturated heterocycles. The predicted molar refractivity (Wildman–Crippen MR) is 76.5 cm³/mol. The third kappa shape index (κ3) is 2.83. The summed E-state index contributed by atoms with van der Waals surface area (Å²) in [7, 11) is -3.67. The van der Waals surface area contributed by atoms with Gasteiger partial charge in [0.1, 0.15) is 5.82 Å². The van der Waals surface area contributed by atoms with E-state index in [9.17, 15) is 12.8 Å². The summed E-state index contributed by atoms with van der Waals surface area (Å²) in [4.78, 5) is -0.0726. The molecule has 0 amide bonds. The molecule has 1 heterocycles. The highest BCUT2D eigenvalue weighted by atomic mass is 35.5. The molecule has 1 fully saturated rings. The Kier molecular flexibility index (Phi) is 4.69. The van der Waals surface area contributed by atoms with Crippen LogP contribution in [0.1, 0.15) is 25.3 Å². The minimum atomic E-state index is -3.67. The summed E-state index contributed by atoms with van der Waals surface area (Å²) in [6.07, 6.45) is 1.78. The molecule has 7 heteroatoms. The van der Waals surface area contributed by atoms with E-state index in [1.807, 2.05) is 6.92 Å². The van der Waals surface area contributed by atoms with Crippen LogP contribution < -0.4 is 5.73 Å². The van der Waals surface area contributed by atoms with Gasteiger partial charge in [-0.2, -0.15) is 4.31 Å². The van der Waals surface area contributed by atoms with Crippen molar-refractivity contribution < 1.29 is 12.8 Å². The zero-order chi connectivity index (χ0) is 14.9. The fraction of sp³-hybridized carbons (Fsp3) is 0.538. The Bertz CT molecular complexity index is 607. The van der Waals surface area contributed by atoms with E-state index in [-0.39, 0.29) is 16.5 Å². The first-order chi connectivity index (χ1) is 9.40. The molecule has 0 aromatic heterocycles. The SMILES string of the molecule is CCC1CCN(S(=O)(=O)c2cc(F)c(Cl)c(CN)c2)C1. The van der Waals surface area contributed by atoms with Crippen molar-refractivity contribution in [2.24, 2.45) is 11.7 Å². The van der Waals surface area contributed by atoms with Crippen LogP contribution in [0.15, 0.2) is 17.0 Å². The fourth-order valence-corrected chi connectivity index (χ4v) is 4.19. The van der Waals surface area contributed by atoms with Crippen LogP contribution in [0.3, 0.4) is 0 Å². The van der Waals surface area contributed by atoms with Crippen molar-refractivity contribution in [1.29, 1.82) is 0 Å². The summed E-state index contributed by atoms with van der Waals surface area (Å²) in [5.41, 5.74) is 5.77. The van der Waals surface area contributed by atoms with Gasteiger partial charge in [0.25, 0.3) is 0 Å². The second-order valence-corrected chi connectivity index (χ2v) is 7.32. The maximum absolute atomic E-state index is 13.7. The summed E-state index contributed by atoms with van der Waals surface area (Å²) in [5.74, 6) is -0.379. The van der Waals surface area contributed by atoms with Gasteiger partial charge in [0.15, 0.2) is 0 Å². The van der Waals surface area contributed by atoms with Crippen molar-refractivity contribution in [3.8, 4) is 0 Å². The van der Waals surface area contributed by atoms with Gasteiger partial charge in [-0.05, 0) is 30.0 Å². The largest absolute Gasteiger partial charge is 0.326 e. The number of nitrogens with zero attached hydrogens (tertiary/aromatic N) is 1. The topological polar surface area (TPSA) is 63.4 Å². The van der Waals surface area contributed by atoms with Gasteiger partial charge in [0.2, 0.25) is 10.0 Å². The van der Waals surface area contributed by atoms with Crippen LogP contribution in [-0.4, -0.2) is 25.8 Å². The highest BCUT2D eigenvalue weighted by Crippen LogP contribution is 2.29. The van der Waals surface area contributed by atoms with Gasteiger partial charge in [-0.1, -0.05) is 24.9 Å². The molecule has 0 radical (unpaired) electrons. The van der Waals surface area contributed by atoms with Crippen molar-refractivity contribution in [3.63, 3.8) is 0 Å². The van der Waals surface area contributed by atoms with E-state index in [4.69, 9.17) is 17.3 Å². The Morgan fingerprint density at radius 3 is 2.75 bits per heavy atom. The minimum absolute atomic E-state index is 0.00328. The Hall–Kier alpha value is -0.690. The number of benzene rings is 1. The van der Waals surface area contributed by atoms with E-state index in [1.54, 1.807) is 0 Å². The van der Waals surface area contributed by atoms with Crippen LogP contribution in [-0.2, 0) is 16.6 Å². The molecule has 4 nitrogen and oxygen atoms in total. The first kappa shape index (κ1) is 15.7. The Labute approximate surface area is 123 Å². The second kappa shape index (κ2) is 5.97. The summed E-state index contributed by atoms with van der Waals surface area (Å²) in [6, 6.07) is 2.33. The number of sulfonamides is 1. The van der Waals surface area contributed by atoms with Crippen LogP contribution >= 0.6 is 11.6 Å². The Morgan fingerprint density at radius 2 is 2.20 bits per heavy atom. The standard InChI is InChI=1S/C13H18ClFN2O2S/c1-2-9-3-4-17(8-9)20(18,19)11-5-10(7-16)13(14)12(15)6-11/h5-6,9H,2-4,7-8,16H2,1H3. The zero-order valence-corrected chi connectivity index (χ0v) is 12.8. The molecule has 2 rings (SSSR count). The molecule has 0 spiro atoms. The van der Waals surface area contributed by atoms with Gasteiger partial charge in [-0.15, -0.1) is 0 Å². The highest BCUT2D eigenvalue weighted by molar-refractivity contribution is 7.89. The molecular formula is C13H18ClFN2O2S. The van der Waals surface area contributed by atoms with E-state index in [1.165, 1.54) is 10.4 Å². The third-order valence-electron chi connectivity index (χ3n) is 3.76. The van der Waals surface area contributed by atoms with Crippen molar-refractivity contribution in [1.82, 2.24) is 4.31 Å². The molecule has 1 atom stereocenters. The van der Waals surface area contributed by atoms with Gasteiger partial charge in [-0.25, -0.2) is 12.8 Å². The molecule has 20 heavy (non-hydrogen) atoms. The van der Waals surface area contributed by atoms with Crippen molar-refractivity contribution >= 4 is 21.6 Å². The van der Waals surface area contributed by atoms with Crippen molar-refractivity contribution in [2.75, 3.05) is 13.1 Å². The van der Waals surface area contributed by atoms with Crippen LogP contribution in [0.4, 0.5) is 4.39 Å². The number of halogens is 2. The van der Waals surface area contributed by atoms with E-state index in [0.717, 1.165) is 18.9 Å². The summed E-state index contributed by atoms with van der Waals surface area (Å²) in [5, 5.41) is -0.112. The van der Waals surface area contributed by atoms with Crippen LogP contribution in [0.5, 0.6) is 0 Å². The van der Waals surface area contributed by atoms with Crippen molar-refractivity contribution in [2.45, 2.75) is 31.2 Å². The van der Waals surface area contributed by atoms with Gasteiger partial charge in [0.05, 0.1) is 9.92 Å². The first-order valence-corrected chi connectivity index (χ1v) is 8.40. The molecule has 0 saturated carbocycles. The van der Waals surface area contributed by atoms with E-state index in [2.05, 4.69) is 0 Å². The quantitative estimate of drug-likeness (QED) is 0.926. The number of hydrogen-bond donors (Lipinski definition) is 1. The van der Waals surface area contributed by atoms with Crippen LogP contribution in [0.2, 0.25) is 5.02 Å². The van der Waals surface area contributed by atoms with Gasteiger partial charge >= 0.3 is 0 Å². The Morgan fingerprint density at radius 1 is 1.50 bits per heavy atom. The van der Waals surface area contributed by atoms with Crippen molar-refractivity contribution in [3.05, 3.63) is 28.5 Å². The third-order valence-corrected chi connectivity index (χ3v) is 6.03. The lowest BCUT2D eigenvalue weighted by atomic mass is 10.1. The molecule has 0 aliphatic carbocycles. The molecule has 1 aromatic rings. The average Bonchev–Trinajstić information content (AvgIpc) is 2.91. The maximum atomic E-state index is 13.7. The molecule has 112 valence electrons. The molecular weight excluding hydrogens is 303 g/mol. The maximum Gasteiger partial charge on any atom is 0.243 e. The smallest absolute Gasteiger partial charge is 0.243 e. The summed E-state index contributed by atoms with van der Waals surface area (Å²) in [6.45, 7) is 3.00. The first-order valence-electron chi connectivity index (χ1n) is 6.58. The molecule has 0 bridgehead atoms. The predicted octanol–water partition coefficient (Wildman–Crippen LogP) is 2.36. The average molecular weight is 321 g/mol.